The number of nitrogens with zero attached hydrogens (tertiary/aromatic N) is 2. The smallest absolute Gasteiger partial charge is 0.274 e. The first-order valence-corrected chi connectivity index (χ1v) is 8.42. The van der Waals surface area contributed by atoms with Crippen molar-refractivity contribution < 1.29 is 4.79 Å². The highest BCUT2D eigenvalue weighted by Crippen LogP contribution is 2.36. The van der Waals surface area contributed by atoms with Crippen molar-refractivity contribution in [3.8, 4) is 0 Å². The summed E-state index contributed by atoms with van der Waals surface area (Å²) < 4.78 is 0. The van der Waals surface area contributed by atoms with Gasteiger partial charge in [0, 0.05) is 43.4 Å². The molecule has 6 heteroatoms. The number of amides is 1. The number of hydrogen-bond acceptors (Lipinski definition) is 3. The van der Waals surface area contributed by atoms with Crippen molar-refractivity contribution in [2.75, 3.05) is 13.1 Å². The summed E-state index contributed by atoms with van der Waals surface area (Å²) >= 11 is 0. The predicted molar refractivity (Wildman–Crippen MR) is 87.3 cm³/mol. The lowest BCUT2D eigenvalue weighted by atomic mass is 9.78. The Morgan fingerprint density at radius 1 is 1.18 bits per heavy atom. The molecule has 0 radical (unpaired) electrons. The van der Waals surface area contributed by atoms with Crippen LogP contribution in [0.1, 0.15) is 60.3 Å². The first-order chi connectivity index (χ1) is 10.3. The molecular formula is C16H25ClN4O. The number of aromatic amines is 1. The molecule has 2 unspecified atom stereocenters. The van der Waals surface area contributed by atoms with E-state index in [-0.39, 0.29) is 18.3 Å². The maximum atomic E-state index is 13.0. The number of rotatable bonds is 1. The van der Waals surface area contributed by atoms with E-state index in [2.05, 4.69) is 20.4 Å². The van der Waals surface area contributed by atoms with Crippen LogP contribution < -0.4 is 5.32 Å². The standard InChI is InChI=1S/C16H24N4O.ClH/c21-16(15-12-10-17-8-7-13(12)18-19-15)20-9-3-5-11-4-1-2-6-14(11)20;/h11,14,17H,1-10H2,(H,18,19);1H. The van der Waals surface area contributed by atoms with Gasteiger partial charge in [-0.1, -0.05) is 12.8 Å². The van der Waals surface area contributed by atoms with E-state index in [9.17, 15) is 4.79 Å². The van der Waals surface area contributed by atoms with E-state index in [1.165, 1.54) is 32.1 Å². The van der Waals surface area contributed by atoms with Gasteiger partial charge in [0.25, 0.3) is 5.91 Å². The van der Waals surface area contributed by atoms with Crippen molar-refractivity contribution in [2.45, 2.75) is 57.5 Å². The topological polar surface area (TPSA) is 61.0 Å². The summed E-state index contributed by atoms with van der Waals surface area (Å²) in [6.07, 6.45) is 8.49. The van der Waals surface area contributed by atoms with Gasteiger partial charge in [-0.25, -0.2) is 0 Å². The quantitative estimate of drug-likeness (QED) is 0.833. The summed E-state index contributed by atoms with van der Waals surface area (Å²) in [5.74, 6) is 0.886. The van der Waals surface area contributed by atoms with E-state index < -0.39 is 0 Å². The molecule has 22 heavy (non-hydrogen) atoms. The molecule has 0 bridgehead atoms. The maximum Gasteiger partial charge on any atom is 0.274 e. The van der Waals surface area contributed by atoms with Gasteiger partial charge in [-0.15, -0.1) is 12.4 Å². The van der Waals surface area contributed by atoms with E-state index >= 15 is 0 Å². The van der Waals surface area contributed by atoms with E-state index in [1.807, 2.05) is 0 Å². The molecular weight excluding hydrogens is 300 g/mol. The largest absolute Gasteiger partial charge is 0.334 e. The lowest BCUT2D eigenvalue weighted by Crippen LogP contribution is -2.50. The first-order valence-electron chi connectivity index (χ1n) is 8.42. The fourth-order valence-electron chi connectivity index (χ4n) is 4.42. The van der Waals surface area contributed by atoms with Crippen LogP contribution in [0.5, 0.6) is 0 Å². The average Bonchev–Trinajstić information content (AvgIpc) is 2.98. The number of fused-ring (bicyclic) bond motifs is 2. The molecule has 3 heterocycles. The van der Waals surface area contributed by atoms with Crippen LogP contribution in [0, 0.1) is 5.92 Å². The highest BCUT2D eigenvalue weighted by atomic mass is 35.5. The van der Waals surface area contributed by atoms with Gasteiger partial charge in [0.05, 0.1) is 0 Å². The van der Waals surface area contributed by atoms with Crippen molar-refractivity contribution in [3.05, 3.63) is 17.0 Å². The second kappa shape index (κ2) is 6.59. The Morgan fingerprint density at radius 3 is 2.91 bits per heavy atom. The van der Waals surface area contributed by atoms with Gasteiger partial charge in [-0.2, -0.15) is 5.10 Å². The number of carbonyl (C=O) groups is 1. The third kappa shape index (κ3) is 2.65. The number of halogens is 1. The van der Waals surface area contributed by atoms with Crippen LogP contribution in [0.4, 0.5) is 0 Å². The zero-order chi connectivity index (χ0) is 14.2. The average molecular weight is 325 g/mol. The Balaban J connectivity index is 0.00000144. The number of aromatic nitrogens is 2. The van der Waals surface area contributed by atoms with Crippen LogP contribution in [-0.2, 0) is 13.0 Å². The first kappa shape index (κ1) is 15.8. The van der Waals surface area contributed by atoms with Crippen LogP contribution >= 0.6 is 12.4 Å². The van der Waals surface area contributed by atoms with Crippen molar-refractivity contribution in [1.29, 1.82) is 0 Å². The fraction of sp³-hybridized carbons (Fsp3) is 0.750. The van der Waals surface area contributed by atoms with Gasteiger partial charge in [0.1, 0.15) is 0 Å². The minimum absolute atomic E-state index is 0. The van der Waals surface area contributed by atoms with Crippen molar-refractivity contribution in [2.24, 2.45) is 5.92 Å². The predicted octanol–water partition coefficient (Wildman–Crippen LogP) is 2.27. The lowest BCUT2D eigenvalue weighted by Gasteiger charge is -2.44. The summed E-state index contributed by atoms with van der Waals surface area (Å²) in [6.45, 7) is 2.65. The number of piperidine rings is 1. The van der Waals surface area contributed by atoms with Gasteiger partial charge in [-0.05, 0) is 31.6 Å². The van der Waals surface area contributed by atoms with Gasteiger partial charge < -0.3 is 10.2 Å². The molecule has 1 aliphatic carbocycles. The molecule has 1 aromatic heterocycles. The third-order valence-electron chi connectivity index (χ3n) is 5.51. The maximum absolute atomic E-state index is 13.0. The third-order valence-corrected chi connectivity index (χ3v) is 5.51. The van der Waals surface area contributed by atoms with Gasteiger partial charge >= 0.3 is 0 Å². The van der Waals surface area contributed by atoms with E-state index in [4.69, 9.17) is 0 Å². The molecule has 4 rings (SSSR count). The summed E-state index contributed by atoms with van der Waals surface area (Å²) in [5, 5.41) is 10.8. The Kier molecular flexibility index (Phi) is 4.73. The Bertz CT molecular complexity index is 542. The molecule has 0 aromatic carbocycles. The second-order valence-corrected chi connectivity index (χ2v) is 6.71. The molecule has 2 atom stereocenters. The highest BCUT2D eigenvalue weighted by Gasteiger charge is 2.37. The van der Waals surface area contributed by atoms with Gasteiger partial charge in [0.15, 0.2) is 5.69 Å². The lowest BCUT2D eigenvalue weighted by molar-refractivity contribution is 0.0384. The Morgan fingerprint density at radius 2 is 2.00 bits per heavy atom. The molecule has 2 fully saturated rings. The minimum Gasteiger partial charge on any atom is -0.334 e. The number of hydrogen-bond donors (Lipinski definition) is 2. The van der Waals surface area contributed by atoms with Crippen LogP contribution in [0.2, 0.25) is 0 Å². The zero-order valence-corrected chi connectivity index (χ0v) is 13.8. The van der Waals surface area contributed by atoms with Gasteiger partial charge in [-0.3, -0.25) is 9.89 Å². The van der Waals surface area contributed by atoms with Crippen molar-refractivity contribution >= 4 is 18.3 Å². The van der Waals surface area contributed by atoms with Crippen LogP contribution in [0.25, 0.3) is 0 Å². The normalized spacial score (nSPS) is 27.5. The number of likely N-dealkylation sites (tertiary alicyclic amines) is 1. The highest BCUT2D eigenvalue weighted by molar-refractivity contribution is 5.94. The van der Waals surface area contributed by atoms with E-state index in [0.29, 0.717) is 11.7 Å². The minimum atomic E-state index is 0. The van der Waals surface area contributed by atoms with Crippen LogP contribution in [-0.4, -0.2) is 40.1 Å². The Labute approximate surface area is 137 Å². The molecule has 2 aliphatic heterocycles. The number of nitrogens with one attached hydrogen (secondary N) is 2. The number of carbonyl (C=O) groups excluding carboxylic acids is 1. The number of H-pyrrole nitrogens is 1. The summed E-state index contributed by atoms with van der Waals surface area (Å²) in [7, 11) is 0. The molecule has 1 saturated carbocycles. The monoisotopic (exact) mass is 324 g/mol. The molecule has 1 aromatic rings. The molecule has 3 aliphatic rings. The van der Waals surface area contributed by atoms with Gasteiger partial charge in [0.2, 0.25) is 0 Å². The molecule has 0 spiro atoms. The Hall–Kier alpha value is -1.07. The van der Waals surface area contributed by atoms with Crippen LogP contribution in [0.3, 0.4) is 0 Å². The van der Waals surface area contributed by atoms with E-state index in [1.54, 1.807) is 0 Å². The molecule has 5 nitrogen and oxygen atoms in total. The molecule has 122 valence electrons. The van der Waals surface area contributed by atoms with Crippen molar-refractivity contribution in [1.82, 2.24) is 20.4 Å². The SMILES string of the molecule is Cl.O=C(c1n[nH]c2c1CNCC2)N1CCCC2CCCCC21. The molecule has 2 N–H and O–H groups in total. The van der Waals surface area contributed by atoms with Crippen molar-refractivity contribution in [3.63, 3.8) is 0 Å². The second-order valence-electron chi connectivity index (χ2n) is 6.71. The summed E-state index contributed by atoms with van der Waals surface area (Å²) in [5.41, 5.74) is 2.92. The molecule has 1 saturated heterocycles. The fourth-order valence-corrected chi connectivity index (χ4v) is 4.42. The van der Waals surface area contributed by atoms with E-state index in [0.717, 1.165) is 49.7 Å². The van der Waals surface area contributed by atoms with Crippen LogP contribution in [0.15, 0.2) is 0 Å². The molecule has 1 amide bonds. The summed E-state index contributed by atoms with van der Waals surface area (Å²) in [6, 6.07) is 0.462. The summed E-state index contributed by atoms with van der Waals surface area (Å²) in [4.78, 5) is 15.1. The zero-order valence-electron chi connectivity index (χ0n) is 12.9.